The van der Waals surface area contributed by atoms with Crippen molar-refractivity contribution in [1.29, 1.82) is 0 Å². The zero-order chi connectivity index (χ0) is 16.6. The number of amides is 1. The molecule has 0 fully saturated rings. The average Bonchev–Trinajstić information content (AvgIpc) is 2.77. The zero-order valence-electron chi connectivity index (χ0n) is 12.5. The number of nitrogens with zero attached hydrogens (tertiary/aromatic N) is 4. The Morgan fingerprint density at radius 3 is 2.73 bits per heavy atom. The van der Waals surface area contributed by atoms with Gasteiger partial charge in [0, 0.05) is 23.8 Å². The van der Waals surface area contributed by atoms with Crippen LogP contribution in [0.1, 0.15) is 38.5 Å². The van der Waals surface area contributed by atoms with Gasteiger partial charge in [-0.25, -0.2) is 4.58 Å². The van der Waals surface area contributed by atoms with E-state index in [9.17, 15) is 18.0 Å². The van der Waals surface area contributed by atoms with Crippen LogP contribution < -0.4 is 5.32 Å². The Balaban J connectivity index is 2.05. The van der Waals surface area contributed by atoms with Crippen LogP contribution in [-0.2, 0) is 4.79 Å². The van der Waals surface area contributed by atoms with Gasteiger partial charge in [0.05, 0.1) is 0 Å². The van der Waals surface area contributed by atoms with Gasteiger partial charge >= 0.3 is 12.1 Å². The Bertz CT molecular complexity index is 457. The zero-order valence-corrected chi connectivity index (χ0v) is 12.5. The summed E-state index contributed by atoms with van der Waals surface area (Å²) in [6.07, 6.45) is 2.10. The molecule has 2 atom stereocenters. The van der Waals surface area contributed by atoms with Gasteiger partial charge in [0.1, 0.15) is 13.3 Å². The molecule has 1 heterocycles. The molecule has 1 aliphatic heterocycles. The van der Waals surface area contributed by atoms with Crippen molar-refractivity contribution < 1.29 is 22.5 Å². The monoisotopic (exact) mass is 320 g/mol. The topological polar surface area (TPSA) is 80.9 Å². The standard InChI is InChI=1S/C13H20F3N5O/c1-21-9-10(8-11(21)19-20-17)6-4-2-3-5-7-18-12(22)13(14,15)16/h9-11H,2-8H2,1H3/p+1. The largest absolute Gasteiger partial charge is 0.471 e. The van der Waals surface area contributed by atoms with Crippen molar-refractivity contribution in [3.8, 4) is 0 Å². The normalized spacial score (nSPS) is 21.2. The highest BCUT2D eigenvalue weighted by Gasteiger charge is 2.38. The van der Waals surface area contributed by atoms with E-state index in [4.69, 9.17) is 5.53 Å². The molecule has 0 aromatic carbocycles. The maximum Gasteiger partial charge on any atom is 0.471 e. The second-order valence-electron chi connectivity index (χ2n) is 5.45. The van der Waals surface area contributed by atoms with E-state index in [0.717, 1.165) is 32.1 Å². The summed E-state index contributed by atoms with van der Waals surface area (Å²) >= 11 is 0. The first-order chi connectivity index (χ1) is 10.3. The number of carbonyl (C=O) groups is 1. The van der Waals surface area contributed by atoms with Crippen LogP contribution >= 0.6 is 0 Å². The van der Waals surface area contributed by atoms with Crippen molar-refractivity contribution in [1.82, 2.24) is 5.32 Å². The van der Waals surface area contributed by atoms with E-state index in [1.54, 1.807) is 0 Å². The van der Waals surface area contributed by atoms with E-state index in [1.807, 2.05) is 16.9 Å². The van der Waals surface area contributed by atoms with Crippen LogP contribution in [0.5, 0.6) is 0 Å². The number of alkyl halides is 3. The minimum atomic E-state index is -4.80. The summed E-state index contributed by atoms with van der Waals surface area (Å²) < 4.78 is 37.7. The number of nitrogens with one attached hydrogen (secondary N) is 1. The third-order valence-electron chi connectivity index (χ3n) is 3.66. The number of carbonyl (C=O) groups excluding carboxylic acids is 1. The molecule has 0 aliphatic carbocycles. The lowest BCUT2D eigenvalue weighted by atomic mass is 9.99. The molecule has 1 amide bonds. The molecule has 1 rings (SSSR count). The molecular weight excluding hydrogens is 299 g/mol. The molecule has 0 saturated heterocycles. The molecule has 22 heavy (non-hydrogen) atoms. The molecule has 1 aliphatic rings. The third kappa shape index (κ3) is 6.34. The van der Waals surface area contributed by atoms with Crippen LogP contribution in [0, 0.1) is 5.92 Å². The summed E-state index contributed by atoms with van der Waals surface area (Å²) in [5.74, 6) is -1.49. The Morgan fingerprint density at radius 2 is 2.09 bits per heavy atom. The highest BCUT2D eigenvalue weighted by molar-refractivity contribution is 5.81. The first-order valence-electron chi connectivity index (χ1n) is 7.30. The smallest absolute Gasteiger partial charge is 0.348 e. The fraction of sp³-hybridized carbons (Fsp3) is 0.846. The first-order valence-corrected chi connectivity index (χ1v) is 7.30. The van der Waals surface area contributed by atoms with Crippen LogP contribution in [0.2, 0.25) is 0 Å². The lowest BCUT2D eigenvalue weighted by Gasteiger charge is -2.08. The minimum absolute atomic E-state index is 0.0512. The molecule has 0 aromatic rings. The van der Waals surface area contributed by atoms with Gasteiger partial charge in [-0.3, -0.25) is 4.79 Å². The number of hydrogen-bond acceptors (Lipinski definition) is 2. The molecule has 0 saturated carbocycles. The predicted octanol–water partition coefficient (Wildman–Crippen LogP) is 2.98. The van der Waals surface area contributed by atoms with E-state index in [0.29, 0.717) is 12.3 Å². The van der Waals surface area contributed by atoms with Crippen LogP contribution in [0.15, 0.2) is 5.11 Å². The highest BCUT2D eigenvalue weighted by atomic mass is 19.4. The maximum absolute atomic E-state index is 11.9. The number of unbranched alkanes of at least 4 members (excludes halogenated alkanes) is 3. The van der Waals surface area contributed by atoms with Gasteiger partial charge in [-0.15, -0.1) is 0 Å². The van der Waals surface area contributed by atoms with Gasteiger partial charge in [0.2, 0.25) is 6.17 Å². The Morgan fingerprint density at radius 1 is 1.41 bits per heavy atom. The summed E-state index contributed by atoms with van der Waals surface area (Å²) in [6, 6.07) is 0. The summed E-state index contributed by atoms with van der Waals surface area (Å²) in [6.45, 7) is 0.0512. The van der Waals surface area contributed by atoms with Crippen molar-refractivity contribution >= 4 is 12.1 Å². The molecular formula is C13H21F3N5O+. The Labute approximate surface area is 127 Å². The molecule has 0 spiro atoms. The summed E-state index contributed by atoms with van der Waals surface area (Å²) in [4.78, 5) is 13.4. The van der Waals surface area contributed by atoms with E-state index in [-0.39, 0.29) is 12.7 Å². The Kier molecular flexibility index (Phi) is 7.17. The fourth-order valence-electron chi connectivity index (χ4n) is 2.50. The van der Waals surface area contributed by atoms with Crippen molar-refractivity contribution in [2.24, 2.45) is 11.0 Å². The van der Waals surface area contributed by atoms with E-state index < -0.39 is 12.1 Å². The molecule has 0 bridgehead atoms. The summed E-state index contributed by atoms with van der Waals surface area (Å²) in [5.41, 5.74) is 8.43. The van der Waals surface area contributed by atoms with Crippen molar-refractivity contribution in [3.63, 3.8) is 0 Å². The van der Waals surface area contributed by atoms with Crippen molar-refractivity contribution in [3.05, 3.63) is 10.4 Å². The maximum atomic E-state index is 11.9. The molecule has 124 valence electrons. The SMILES string of the molecule is C[N+]1=CC(CCCCCCNC(=O)C(F)(F)F)CC1N=[N+]=[N-]. The quantitative estimate of drug-likeness (QED) is 0.241. The molecule has 1 N–H and O–H groups in total. The fourth-order valence-corrected chi connectivity index (χ4v) is 2.50. The minimum Gasteiger partial charge on any atom is -0.348 e. The lowest BCUT2D eigenvalue weighted by molar-refractivity contribution is -0.524. The van der Waals surface area contributed by atoms with E-state index in [2.05, 4.69) is 16.2 Å². The first kappa shape index (κ1) is 18.3. The van der Waals surface area contributed by atoms with Gasteiger partial charge in [-0.1, -0.05) is 19.3 Å². The van der Waals surface area contributed by atoms with Crippen LogP contribution in [0.3, 0.4) is 0 Å². The molecule has 0 radical (unpaired) electrons. The second kappa shape index (κ2) is 8.63. The molecule has 0 aromatic heterocycles. The molecule has 2 unspecified atom stereocenters. The summed E-state index contributed by atoms with van der Waals surface area (Å²) in [5, 5.41) is 5.56. The number of halogens is 3. The van der Waals surface area contributed by atoms with Gasteiger partial charge in [0.25, 0.3) is 0 Å². The van der Waals surface area contributed by atoms with E-state index >= 15 is 0 Å². The summed E-state index contributed by atoms with van der Waals surface area (Å²) in [7, 11) is 1.88. The highest BCUT2D eigenvalue weighted by Crippen LogP contribution is 2.21. The van der Waals surface area contributed by atoms with Gasteiger partial charge in [0.15, 0.2) is 0 Å². The van der Waals surface area contributed by atoms with Crippen molar-refractivity contribution in [2.75, 3.05) is 13.6 Å². The molecule has 6 nitrogen and oxygen atoms in total. The average molecular weight is 320 g/mol. The number of rotatable bonds is 8. The third-order valence-corrected chi connectivity index (χ3v) is 3.66. The van der Waals surface area contributed by atoms with Crippen LogP contribution in [0.4, 0.5) is 13.2 Å². The van der Waals surface area contributed by atoms with Crippen molar-refractivity contribution in [2.45, 2.75) is 50.9 Å². The molecule has 9 heteroatoms. The van der Waals surface area contributed by atoms with Gasteiger partial charge < -0.3 is 5.32 Å². The number of hydrogen-bond donors (Lipinski definition) is 1. The number of azide groups is 1. The van der Waals surface area contributed by atoms with Crippen LogP contribution in [-0.4, -0.2) is 42.6 Å². The van der Waals surface area contributed by atoms with Crippen LogP contribution in [0.25, 0.3) is 10.4 Å². The second-order valence-corrected chi connectivity index (χ2v) is 5.45. The lowest BCUT2D eigenvalue weighted by Crippen LogP contribution is -2.37. The van der Waals surface area contributed by atoms with Gasteiger partial charge in [-0.05, 0) is 23.5 Å². The Hall–Kier alpha value is -1.76. The van der Waals surface area contributed by atoms with Gasteiger partial charge in [-0.2, -0.15) is 13.2 Å². The predicted molar refractivity (Wildman–Crippen MR) is 75.4 cm³/mol. The van der Waals surface area contributed by atoms with E-state index in [1.165, 1.54) is 0 Å².